The third kappa shape index (κ3) is 24.9. The molecule has 11 N–H and O–H groups in total. The normalized spacial score (nSPS) is 12.1. The zero-order valence-electron chi connectivity index (χ0n) is 76.8. The van der Waals surface area contributed by atoms with E-state index in [0.29, 0.717) is 46.9 Å². The Morgan fingerprint density at radius 3 is 0.816 bits per heavy atom. The van der Waals surface area contributed by atoms with Gasteiger partial charge in [-0.1, -0.05) is 244 Å². The van der Waals surface area contributed by atoms with Gasteiger partial charge in [-0.2, -0.15) is 25.5 Å². The summed E-state index contributed by atoms with van der Waals surface area (Å²) in [4.78, 5) is 47.8. The molecule has 26 heteroatoms. The number of para-hydroxylation sites is 3. The lowest BCUT2D eigenvalue weighted by Crippen LogP contribution is -2.01. The highest BCUT2D eigenvalue weighted by Gasteiger charge is 2.32. The maximum absolute atomic E-state index is 5.94. The summed E-state index contributed by atoms with van der Waals surface area (Å²) in [6.45, 7) is 32.0. The number of nitrogens with one attached hydrogen (secondary N) is 3. The summed E-state index contributed by atoms with van der Waals surface area (Å²) in [5.74, 6) is 3.49. The molecule has 4 aliphatic rings. The predicted octanol–water partition coefficient (Wildman–Crippen LogP) is 20.7. The Labute approximate surface area is 737 Å². The number of pyridine rings is 1. The molecule has 0 unspecified atom stereocenters. The van der Waals surface area contributed by atoms with Gasteiger partial charge in [0.2, 0.25) is 0 Å². The van der Waals surface area contributed by atoms with Crippen LogP contribution in [-0.2, 0) is 79.6 Å². The first-order valence-corrected chi connectivity index (χ1v) is 44.1. The van der Waals surface area contributed by atoms with Gasteiger partial charge in [0, 0.05) is 88.4 Å². The van der Waals surface area contributed by atoms with Crippen LogP contribution >= 0.6 is 0 Å². The van der Waals surface area contributed by atoms with Crippen molar-refractivity contribution in [3.8, 4) is 0 Å². The molecule has 18 aromatic rings. The minimum Gasteiger partial charge on any atom is -0.382 e. The van der Waals surface area contributed by atoms with Gasteiger partial charge in [0.05, 0.1) is 40.1 Å². The smallest absolute Gasteiger partial charge is 0.153 e. The van der Waals surface area contributed by atoms with Crippen LogP contribution in [0.4, 0.5) is 23.3 Å². The van der Waals surface area contributed by atoms with Gasteiger partial charge in [-0.25, -0.2) is 44.9 Å². The molecule has 12 heterocycles. The lowest BCUT2D eigenvalue weighted by molar-refractivity contribution is 0.676. The van der Waals surface area contributed by atoms with E-state index in [2.05, 4.69) is 206 Å². The molecule has 22 rings (SSSR count). The minimum atomic E-state index is 0.380. The van der Waals surface area contributed by atoms with Crippen LogP contribution in [0.15, 0.2) is 239 Å². The minimum absolute atomic E-state index is 0.380. The summed E-state index contributed by atoms with van der Waals surface area (Å²) in [6, 6.07) is 60.1. The summed E-state index contributed by atoms with van der Waals surface area (Å²) in [7, 11) is 7.59. The van der Waals surface area contributed by atoms with Crippen molar-refractivity contribution >= 4 is 89.3 Å². The predicted molar refractivity (Wildman–Crippen MR) is 517 cm³/mol. The molecule has 125 heavy (non-hydrogen) atoms. The average molecular weight is 1680 g/mol. The highest BCUT2D eigenvalue weighted by atomic mass is 15.3. The van der Waals surface area contributed by atoms with Crippen molar-refractivity contribution in [3.63, 3.8) is 0 Å². The van der Waals surface area contributed by atoms with Crippen LogP contribution in [0.5, 0.6) is 0 Å². The molecular weight excluding hydrogens is 1550 g/mol. The van der Waals surface area contributed by atoms with E-state index in [0.717, 1.165) is 129 Å². The summed E-state index contributed by atoms with van der Waals surface area (Å²) in [6.07, 6.45) is 24.8. The van der Waals surface area contributed by atoms with E-state index in [4.69, 9.17) is 22.9 Å². The van der Waals surface area contributed by atoms with Crippen molar-refractivity contribution < 1.29 is 0 Å². The Balaban J connectivity index is 0.000000197. The molecule has 26 nitrogen and oxygen atoms in total. The van der Waals surface area contributed by atoms with Crippen LogP contribution in [0.2, 0.25) is 0 Å². The average Bonchev–Trinajstić information content (AvgIpc) is 1.63. The van der Waals surface area contributed by atoms with E-state index in [1.54, 1.807) is 49.8 Å². The third-order valence-corrected chi connectivity index (χ3v) is 20.2. The van der Waals surface area contributed by atoms with Gasteiger partial charge < -0.3 is 32.9 Å². The Morgan fingerprint density at radius 2 is 0.568 bits per heavy atom. The van der Waals surface area contributed by atoms with Gasteiger partial charge in [-0.15, -0.1) is 0 Å². The molecule has 4 aliphatic carbocycles. The molecular formula is C99H130N26. The molecule has 0 radical (unpaired) electrons. The summed E-state index contributed by atoms with van der Waals surface area (Å²) < 4.78 is 7.18. The number of fused-ring (bicyclic) bond motifs is 10. The van der Waals surface area contributed by atoms with E-state index in [9.17, 15) is 0 Å². The molecule has 656 valence electrons. The number of aromatic amines is 3. The standard InChI is InChI=1S/4C15H15N5.C8H7N.C7H6N2.C5H5N.C3H4N2.8C2H6/c4*1-20-14-13(17-8-18-15(14)16)12(19-20)11-6-9-4-2-3-5-10(9)7-11;1-2-4-8-7(3-1)5-6-9-8;1-2-4-7-6(3-1)8-5-9-7;1-2-4-6-5-3-1;1-2-4-5-3-1;8*1-2/h4*2-5,8,11H,6-7H2,1H3,(H2,16,17,18);1-6,9H;1-5H,(H,8,9);1-5H;1-3H,(H,4,5);8*1-2H3. The molecule has 0 saturated carbocycles. The molecule has 12 aromatic heterocycles. The number of benzene rings is 6. The van der Waals surface area contributed by atoms with Crippen molar-refractivity contribution in [2.75, 3.05) is 22.9 Å². The van der Waals surface area contributed by atoms with Crippen molar-refractivity contribution in [2.45, 2.75) is 186 Å². The van der Waals surface area contributed by atoms with Crippen LogP contribution in [-0.4, -0.2) is 109 Å². The van der Waals surface area contributed by atoms with E-state index in [-0.39, 0.29) is 0 Å². The summed E-state index contributed by atoms with van der Waals surface area (Å²) in [5.41, 5.74) is 49.4. The number of aryl methyl sites for hydroxylation is 4. The Morgan fingerprint density at radius 1 is 0.280 bits per heavy atom. The van der Waals surface area contributed by atoms with E-state index < -0.39 is 0 Å². The molecule has 0 saturated heterocycles. The van der Waals surface area contributed by atoms with Crippen LogP contribution in [0.3, 0.4) is 0 Å². The Kier molecular flexibility index (Phi) is 40.7. The highest BCUT2D eigenvalue weighted by molar-refractivity contribution is 5.89. The van der Waals surface area contributed by atoms with Gasteiger partial charge in [0.1, 0.15) is 69.4 Å². The molecule has 0 bridgehead atoms. The summed E-state index contributed by atoms with van der Waals surface area (Å²) >= 11 is 0. The fourth-order valence-corrected chi connectivity index (χ4v) is 15.1. The van der Waals surface area contributed by atoms with E-state index >= 15 is 0 Å². The molecule has 0 amide bonds. The Hall–Kier alpha value is -13.9. The van der Waals surface area contributed by atoms with Crippen LogP contribution < -0.4 is 22.9 Å². The second-order valence-electron chi connectivity index (χ2n) is 27.1. The number of aromatic nitrogens is 22. The molecule has 6 aromatic carbocycles. The van der Waals surface area contributed by atoms with Gasteiger partial charge in [0.25, 0.3) is 0 Å². The lowest BCUT2D eigenvalue weighted by atomic mass is 10.0. The molecule has 0 fully saturated rings. The van der Waals surface area contributed by atoms with Crippen molar-refractivity contribution in [2.24, 2.45) is 28.2 Å². The monoisotopic (exact) mass is 1680 g/mol. The van der Waals surface area contributed by atoms with E-state index in [1.807, 2.05) is 206 Å². The quantitative estimate of drug-likeness (QED) is 0.0860. The number of hydrogen-bond donors (Lipinski definition) is 7. The van der Waals surface area contributed by atoms with Gasteiger partial charge in [0.15, 0.2) is 23.3 Å². The number of hydrogen-bond acceptors (Lipinski definition) is 19. The van der Waals surface area contributed by atoms with E-state index in [1.165, 1.54) is 80.7 Å². The Bertz CT molecular complexity index is 5270. The molecule has 0 aliphatic heterocycles. The van der Waals surface area contributed by atoms with Crippen molar-refractivity contribution in [3.05, 3.63) is 306 Å². The largest absolute Gasteiger partial charge is 0.382 e. The fourth-order valence-electron chi connectivity index (χ4n) is 15.1. The van der Waals surface area contributed by atoms with Crippen LogP contribution in [0, 0.1) is 0 Å². The third-order valence-electron chi connectivity index (χ3n) is 20.2. The number of nitrogens with zero attached hydrogens (tertiary/aromatic N) is 19. The van der Waals surface area contributed by atoms with Gasteiger partial charge in [-0.3, -0.25) is 28.8 Å². The maximum atomic E-state index is 5.94. The van der Waals surface area contributed by atoms with Crippen molar-refractivity contribution in [1.29, 1.82) is 0 Å². The second-order valence-corrected chi connectivity index (χ2v) is 27.1. The number of anilines is 4. The number of nitrogens with two attached hydrogens (primary N) is 4. The van der Waals surface area contributed by atoms with Gasteiger partial charge >= 0.3 is 0 Å². The first kappa shape index (κ1) is 98.2. The van der Waals surface area contributed by atoms with Gasteiger partial charge in [-0.05, 0) is 144 Å². The number of imidazole rings is 1. The fraction of sp³-hybridized carbons (Fsp3) is 0.323. The first-order chi connectivity index (χ1) is 61.4. The zero-order chi connectivity index (χ0) is 90.7. The van der Waals surface area contributed by atoms with Crippen LogP contribution in [0.1, 0.15) is 202 Å². The highest BCUT2D eigenvalue weighted by Crippen LogP contribution is 2.41. The summed E-state index contributed by atoms with van der Waals surface area (Å²) in [5, 5.41) is 26.1. The van der Waals surface area contributed by atoms with Crippen LogP contribution in [0.25, 0.3) is 66.1 Å². The van der Waals surface area contributed by atoms with Crippen molar-refractivity contribution in [1.82, 2.24) is 109 Å². The molecule has 0 spiro atoms. The number of rotatable bonds is 4. The second kappa shape index (κ2) is 51.8. The number of nitrogen functional groups attached to an aromatic ring is 4. The maximum Gasteiger partial charge on any atom is 0.153 e. The first-order valence-electron chi connectivity index (χ1n) is 44.1. The topological polar surface area (TPSA) is 365 Å². The molecule has 0 atom stereocenters. The SMILES string of the molecule is CC.CC.CC.CC.CC.CC.CC.CC.Cn1nc(C2Cc3ccccc3C2)c2ncnc(N)c21.Cn1nc(C2Cc3ccccc3C2)c2ncnc(N)c21.Cn1nc(C2Cc3ccccc3C2)c2ncnc(N)c21.Cn1nc(C2Cc3ccccc3C2)c2ncnc(N)c21.c1ccc2[nH]ccc2c1.c1ccc2[nH]cnc2c1.c1ccncc1.c1cn[nH]c1. The zero-order valence-corrected chi connectivity index (χ0v) is 76.8. The number of H-pyrrole nitrogens is 3. The lowest BCUT2D eigenvalue weighted by Gasteiger charge is -2.04.